The molecule has 2 aromatic rings. The number of benzene rings is 2. The predicted molar refractivity (Wildman–Crippen MR) is 100 cm³/mol. The van der Waals surface area contributed by atoms with Crippen LogP contribution in [0.2, 0.25) is 0 Å². The lowest BCUT2D eigenvalue weighted by Crippen LogP contribution is -2.68. The maximum Gasteiger partial charge on any atom is 0.220 e. The Labute approximate surface area is 157 Å². The van der Waals surface area contributed by atoms with E-state index in [-0.39, 0.29) is 42.2 Å². The molecule has 0 aliphatic carbocycles. The van der Waals surface area contributed by atoms with E-state index in [1.807, 2.05) is 24.3 Å². The van der Waals surface area contributed by atoms with E-state index in [9.17, 15) is 19.1 Å². The van der Waals surface area contributed by atoms with Crippen LogP contribution in [0.25, 0.3) is 11.1 Å². The molecule has 0 radical (unpaired) electrons. The van der Waals surface area contributed by atoms with Crippen LogP contribution in [0.5, 0.6) is 0 Å². The first-order valence-corrected chi connectivity index (χ1v) is 8.93. The second-order valence-electron chi connectivity index (χ2n) is 6.81. The lowest BCUT2D eigenvalue weighted by molar-refractivity contribution is -0.148. The second-order valence-corrected chi connectivity index (χ2v) is 6.81. The zero-order chi connectivity index (χ0) is 19.6. The Morgan fingerprint density at radius 3 is 2.30 bits per heavy atom. The topological polar surface area (TPSA) is 69.6 Å². The molecule has 1 fully saturated rings. The van der Waals surface area contributed by atoms with Gasteiger partial charge in [-0.1, -0.05) is 42.5 Å². The van der Waals surface area contributed by atoms with E-state index >= 15 is 0 Å². The Hall–Kier alpha value is -2.73. The Morgan fingerprint density at radius 1 is 1.07 bits per heavy atom. The van der Waals surface area contributed by atoms with Gasteiger partial charge in [-0.25, -0.2) is 4.39 Å². The molecule has 1 heterocycles. The highest BCUT2D eigenvalue weighted by Crippen LogP contribution is 2.41. The summed E-state index contributed by atoms with van der Waals surface area (Å²) in [7, 11) is 0. The number of nitrogens with one attached hydrogen (secondary N) is 1. The smallest absolute Gasteiger partial charge is 0.220 e. The highest BCUT2D eigenvalue weighted by Gasteiger charge is 2.49. The minimum atomic E-state index is -0.333. The summed E-state index contributed by atoms with van der Waals surface area (Å²) in [6, 6.07) is 13.5. The van der Waals surface area contributed by atoms with Crippen LogP contribution in [-0.4, -0.2) is 47.1 Å². The van der Waals surface area contributed by atoms with E-state index in [2.05, 4.69) is 5.32 Å². The molecule has 1 aliphatic rings. The molecule has 5 nitrogen and oxygen atoms in total. The number of hydrogen-bond donors (Lipinski definition) is 2. The lowest BCUT2D eigenvalue weighted by Gasteiger charge is -2.54. The number of nitrogens with zero attached hydrogens (tertiary/aromatic N) is 1. The number of halogens is 1. The number of likely N-dealkylation sites (tertiary alicyclic amines) is 1. The number of aliphatic hydroxyl groups is 1. The minimum absolute atomic E-state index is 0.0968. The van der Waals surface area contributed by atoms with Gasteiger partial charge in [0.25, 0.3) is 0 Å². The highest BCUT2D eigenvalue weighted by molar-refractivity contribution is 5.77. The largest absolute Gasteiger partial charge is 0.394 e. The zero-order valence-corrected chi connectivity index (χ0v) is 15.4. The van der Waals surface area contributed by atoms with Gasteiger partial charge in [-0.15, -0.1) is 0 Å². The first-order valence-electron chi connectivity index (χ1n) is 8.93. The van der Waals surface area contributed by atoms with Crippen LogP contribution in [0.1, 0.15) is 25.3 Å². The Bertz CT molecular complexity index is 838. The number of rotatable bonds is 5. The van der Waals surface area contributed by atoms with E-state index in [4.69, 9.17) is 0 Å². The molecule has 0 spiro atoms. The number of carbonyl (C=O) groups is 2. The van der Waals surface area contributed by atoms with Crippen molar-refractivity contribution >= 4 is 11.8 Å². The SMILES string of the molecule is CC(=O)NC[C@@H]1[C@@H](c2ccc(-c3ccccc3F)cc2)[C@@H](CO)N1C(C)=O. The summed E-state index contributed by atoms with van der Waals surface area (Å²) < 4.78 is 14.0. The molecule has 0 aromatic heterocycles. The van der Waals surface area contributed by atoms with Gasteiger partial charge in [-0.3, -0.25) is 9.59 Å². The molecule has 2 N–H and O–H groups in total. The van der Waals surface area contributed by atoms with Crippen molar-refractivity contribution in [1.82, 2.24) is 10.2 Å². The molecule has 1 aliphatic heterocycles. The van der Waals surface area contributed by atoms with Crippen LogP contribution in [-0.2, 0) is 9.59 Å². The summed E-state index contributed by atoms with van der Waals surface area (Å²) in [5, 5.41) is 12.5. The van der Waals surface area contributed by atoms with Crippen LogP contribution in [0.3, 0.4) is 0 Å². The lowest BCUT2D eigenvalue weighted by atomic mass is 9.74. The number of amides is 2. The molecule has 2 aromatic carbocycles. The van der Waals surface area contributed by atoms with Crippen molar-refractivity contribution in [3.05, 3.63) is 59.9 Å². The summed E-state index contributed by atoms with van der Waals surface area (Å²) >= 11 is 0. The van der Waals surface area contributed by atoms with Crippen molar-refractivity contribution in [2.24, 2.45) is 0 Å². The van der Waals surface area contributed by atoms with Gasteiger partial charge in [0.1, 0.15) is 5.82 Å². The number of hydrogen-bond acceptors (Lipinski definition) is 3. The van der Waals surface area contributed by atoms with E-state index in [1.165, 1.54) is 19.9 Å². The van der Waals surface area contributed by atoms with E-state index in [0.29, 0.717) is 12.1 Å². The molecular weight excluding hydrogens is 347 g/mol. The molecule has 1 saturated heterocycles. The van der Waals surface area contributed by atoms with E-state index < -0.39 is 0 Å². The van der Waals surface area contributed by atoms with Crippen LogP contribution in [0, 0.1) is 5.82 Å². The fourth-order valence-corrected chi connectivity index (χ4v) is 3.91. The van der Waals surface area contributed by atoms with Gasteiger partial charge in [-0.2, -0.15) is 0 Å². The number of aliphatic hydroxyl groups excluding tert-OH is 1. The highest BCUT2D eigenvalue weighted by atomic mass is 19.1. The van der Waals surface area contributed by atoms with Crippen LogP contribution in [0.15, 0.2) is 48.5 Å². The van der Waals surface area contributed by atoms with Crippen molar-refractivity contribution in [3.8, 4) is 11.1 Å². The second kappa shape index (κ2) is 7.88. The van der Waals surface area contributed by atoms with Crippen molar-refractivity contribution in [3.63, 3.8) is 0 Å². The molecule has 27 heavy (non-hydrogen) atoms. The van der Waals surface area contributed by atoms with E-state index in [1.54, 1.807) is 23.1 Å². The average Bonchev–Trinajstić information content (AvgIpc) is 2.61. The molecular formula is C21H23FN2O3. The predicted octanol–water partition coefficient (Wildman–Crippen LogP) is 2.30. The van der Waals surface area contributed by atoms with Gasteiger partial charge < -0.3 is 15.3 Å². The summed E-state index contributed by atoms with van der Waals surface area (Å²) in [5.74, 6) is -0.683. The summed E-state index contributed by atoms with van der Waals surface area (Å²) in [6.45, 7) is 3.06. The molecule has 142 valence electrons. The molecule has 0 saturated carbocycles. The average molecular weight is 370 g/mol. The Morgan fingerprint density at radius 2 is 1.74 bits per heavy atom. The minimum Gasteiger partial charge on any atom is -0.394 e. The van der Waals surface area contributed by atoms with Gasteiger partial charge in [0, 0.05) is 31.9 Å². The summed E-state index contributed by atoms with van der Waals surface area (Å²) in [5.41, 5.74) is 2.23. The molecule has 0 bridgehead atoms. The molecule has 2 amide bonds. The third kappa shape index (κ3) is 3.71. The Balaban J connectivity index is 1.87. The maximum absolute atomic E-state index is 14.0. The van der Waals surface area contributed by atoms with Crippen LogP contribution in [0.4, 0.5) is 4.39 Å². The van der Waals surface area contributed by atoms with Gasteiger partial charge >= 0.3 is 0 Å². The molecule has 0 unspecified atom stereocenters. The fraction of sp³-hybridized carbons (Fsp3) is 0.333. The summed E-state index contributed by atoms with van der Waals surface area (Å²) in [4.78, 5) is 24.9. The molecule has 3 rings (SSSR count). The van der Waals surface area contributed by atoms with Crippen LogP contribution >= 0.6 is 0 Å². The standard InChI is InChI=1S/C21H23FN2O3/c1-13(26)23-11-19-21(20(12-25)24(19)14(2)27)16-9-7-15(8-10-16)17-5-3-4-6-18(17)22/h3-10,19-21,25H,11-12H2,1-2H3,(H,23,26)/t19-,20-,21-/m1/s1. The van der Waals surface area contributed by atoms with Crippen molar-refractivity contribution < 1.29 is 19.1 Å². The zero-order valence-electron chi connectivity index (χ0n) is 15.4. The number of carbonyl (C=O) groups excluding carboxylic acids is 2. The Kier molecular flexibility index (Phi) is 5.56. The maximum atomic E-state index is 14.0. The fourth-order valence-electron chi connectivity index (χ4n) is 3.91. The van der Waals surface area contributed by atoms with Gasteiger partial charge in [0.05, 0.1) is 18.7 Å². The van der Waals surface area contributed by atoms with Gasteiger partial charge in [-0.05, 0) is 17.2 Å². The van der Waals surface area contributed by atoms with Crippen LogP contribution < -0.4 is 5.32 Å². The third-order valence-corrected chi connectivity index (χ3v) is 5.13. The first kappa shape index (κ1) is 19.0. The van der Waals surface area contributed by atoms with Crippen molar-refractivity contribution in [1.29, 1.82) is 0 Å². The van der Waals surface area contributed by atoms with E-state index in [0.717, 1.165) is 11.1 Å². The quantitative estimate of drug-likeness (QED) is 0.849. The van der Waals surface area contributed by atoms with Crippen molar-refractivity contribution in [2.45, 2.75) is 31.8 Å². The monoisotopic (exact) mass is 370 g/mol. The molecule has 3 atom stereocenters. The first-order chi connectivity index (χ1) is 12.9. The van der Waals surface area contributed by atoms with Gasteiger partial charge in [0.15, 0.2) is 0 Å². The molecule has 6 heteroatoms. The van der Waals surface area contributed by atoms with Crippen molar-refractivity contribution in [2.75, 3.05) is 13.2 Å². The summed E-state index contributed by atoms with van der Waals surface area (Å²) in [6.07, 6.45) is 0. The van der Waals surface area contributed by atoms with Gasteiger partial charge in [0.2, 0.25) is 11.8 Å². The third-order valence-electron chi connectivity index (χ3n) is 5.13. The normalized spacial score (nSPS) is 21.5.